The minimum atomic E-state index is -4.56. The zero-order valence-electron chi connectivity index (χ0n) is 22.3. The Labute approximate surface area is 238 Å². The van der Waals surface area contributed by atoms with Crippen LogP contribution in [0.5, 0.6) is 0 Å². The highest BCUT2D eigenvalue weighted by atomic mass is 35.5. The summed E-state index contributed by atoms with van der Waals surface area (Å²) in [5.41, 5.74) is 0.869. The molecule has 14 heteroatoms. The van der Waals surface area contributed by atoms with Crippen molar-refractivity contribution in [3.63, 3.8) is 0 Å². The molecular weight excluding hydrogens is 563 g/mol. The zero-order chi connectivity index (χ0) is 28.9. The number of amides is 1. The average Bonchev–Trinajstić information content (AvgIpc) is 3.66. The highest BCUT2D eigenvalue weighted by Gasteiger charge is 2.35. The topological polar surface area (TPSA) is 106 Å². The van der Waals surface area contributed by atoms with E-state index in [1.54, 1.807) is 4.57 Å². The molecule has 4 heterocycles. The molecule has 3 aliphatic rings. The third-order valence-electron chi connectivity index (χ3n) is 7.90. The predicted molar refractivity (Wildman–Crippen MR) is 147 cm³/mol. The lowest BCUT2D eigenvalue weighted by Gasteiger charge is -2.31. The van der Waals surface area contributed by atoms with Crippen molar-refractivity contribution in [1.29, 1.82) is 0 Å². The maximum absolute atomic E-state index is 13.9. The number of rotatable bonds is 6. The Balaban J connectivity index is 1.40. The second kappa shape index (κ2) is 10.8. The van der Waals surface area contributed by atoms with Crippen LogP contribution in [0.2, 0.25) is 5.02 Å². The van der Waals surface area contributed by atoms with Gasteiger partial charge in [0, 0.05) is 32.1 Å². The Morgan fingerprint density at radius 1 is 1.24 bits per heavy atom. The van der Waals surface area contributed by atoms with Crippen molar-refractivity contribution in [2.24, 2.45) is 11.8 Å². The summed E-state index contributed by atoms with van der Waals surface area (Å²) in [7, 11) is 0. The Morgan fingerprint density at radius 2 is 2.02 bits per heavy atom. The molecule has 2 aromatic heterocycles. The van der Waals surface area contributed by atoms with Crippen LogP contribution in [-0.4, -0.2) is 64.5 Å². The van der Waals surface area contributed by atoms with Gasteiger partial charge in [0.05, 0.1) is 35.2 Å². The number of fused-ring (bicyclic) bond motifs is 2. The molecule has 41 heavy (non-hydrogen) atoms. The van der Waals surface area contributed by atoms with Crippen LogP contribution in [0.4, 0.5) is 24.5 Å². The Bertz CT molecular complexity index is 1590. The van der Waals surface area contributed by atoms with E-state index < -0.39 is 17.6 Å². The van der Waals surface area contributed by atoms with E-state index >= 15 is 0 Å². The highest BCUT2D eigenvalue weighted by Crippen LogP contribution is 2.39. The third kappa shape index (κ3) is 5.22. The standard InChI is InChI=1S/C27H29ClF3N7O3/c1-2-21-23(36-7-5-32-6-8-36)25(40)38-26(34-24(35-38)15-9-16-13-41-14-17(16)10-15)37(21)12-22(39)33-20-4-3-18(11-19(20)28)27(29,30)31/h3-4,9,11,16-17,32H,2,5-8,10,12-14H2,1H3,(H,33,39). The van der Waals surface area contributed by atoms with Gasteiger partial charge in [-0.25, -0.2) is 0 Å². The monoisotopic (exact) mass is 591 g/mol. The van der Waals surface area contributed by atoms with Crippen LogP contribution < -0.4 is 21.1 Å². The molecule has 3 aromatic rings. The van der Waals surface area contributed by atoms with Crippen molar-refractivity contribution >= 4 is 40.2 Å². The second-order valence-corrected chi connectivity index (χ2v) is 10.9. The number of carbonyl (C=O) groups excluding carboxylic acids is 1. The van der Waals surface area contributed by atoms with Gasteiger partial charge in [-0.1, -0.05) is 24.6 Å². The fraction of sp³-hybridized carbons (Fsp3) is 0.481. The van der Waals surface area contributed by atoms with Crippen LogP contribution in [0.15, 0.2) is 29.1 Å². The van der Waals surface area contributed by atoms with Crippen LogP contribution >= 0.6 is 11.6 Å². The quantitative estimate of drug-likeness (QED) is 0.453. The number of hydrogen-bond acceptors (Lipinski definition) is 7. The molecule has 0 bridgehead atoms. The molecule has 1 aromatic carbocycles. The first-order valence-corrected chi connectivity index (χ1v) is 14.0. The van der Waals surface area contributed by atoms with Crippen molar-refractivity contribution in [1.82, 2.24) is 24.5 Å². The second-order valence-electron chi connectivity index (χ2n) is 10.5. The number of nitrogens with zero attached hydrogens (tertiary/aromatic N) is 5. The van der Waals surface area contributed by atoms with E-state index in [4.69, 9.17) is 21.3 Å². The number of benzene rings is 1. The van der Waals surface area contributed by atoms with Crippen molar-refractivity contribution in [3.8, 4) is 0 Å². The molecule has 6 rings (SSSR count). The molecule has 2 fully saturated rings. The summed E-state index contributed by atoms with van der Waals surface area (Å²) in [4.78, 5) is 33.9. The molecule has 0 saturated carbocycles. The third-order valence-corrected chi connectivity index (χ3v) is 8.21. The minimum Gasteiger partial charge on any atom is -0.381 e. The van der Waals surface area contributed by atoms with Crippen LogP contribution in [0.1, 0.15) is 30.4 Å². The number of anilines is 2. The van der Waals surface area contributed by atoms with Crippen LogP contribution in [0.25, 0.3) is 11.4 Å². The lowest BCUT2D eigenvalue weighted by Crippen LogP contribution is -2.47. The fourth-order valence-corrected chi connectivity index (χ4v) is 6.09. The maximum atomic E-state index is 13.9. The van der Waals surface area contributed by atoms with Gasteiger partial charge in [0.15, 0.2) is 5.82 Å². The van der Waals surface area contributed by atoms with Crippen LogP contribution in [0, 0.1) is 11.8 Å². The average molecular weight is 592 g/mol. The predicted octanol–water partition coefficient (Wildman–Crippen LogP) is 3.22. The van der Waals surface area contributed by atoms with Gasteiger partial charge in [-0.3, -0.25) is 9.59 Å². The van der Waals surface area contributed by atoms with E-state index in [2.05, 4.69) is 21.8 Å². The van der Waals surface area contributed by atoms with E-state index in [1.165, 1.54) is 4.52 Å². The van der Waals surface area contributed by atoms with E-state index in [0.717, 1.165) is 30.2 Å². The van der Waals surface area contributed by atoms with Crippen molar-refractivity contribution in [2.75, 3.05) is 49.6 Å². The summed E-state index contributed by atoms with van der Waals surface area (Å²) < 4.78 is 47.7. The van der Waals surface area contributed by atoms with Gasteiger partial charge in [0.1, 0.15) is 12.2 Å². The smallest absolute Gasteiger partial charge is 0.381 e. The molecule has 2 atom stereocenters. The van der Waals surface area contributed by atoms with Gasteiger partial charge in [0.25, 0.3) is 5.56 Å². The van der Waals surface area contributed by atoms with Crippen molar-refractivity contribution in [2.45, 2.75) is 32.5 Å². The number of nitrogens with one attached hydrogen (secondary N) is 2. The van der Waals surface area contributed by atoms with Crippen molar-refractivity contribution < 1.29 is 22.7 Å². The normalized spacial score (nSPS) is 20.9. The summed E-state index contributed by atoms with van der Waals surface area (Å²) in [6.07, 6.45) is -1.27. The number of ether oxygens (including phenoxy) is 1. The molecule has 218 valence electrons. The minimum absolute atomic E-state index is 0.0501. The number of halogens is 4. The van der Waals surface area contributed by atoms with Crippen LogP contribution in [0.3, 0.4) is 0 Å². The van der Waals surface area contributed by atoms with Gasteiger partial charge >= 0.3 is 6.18 Å². The van der Waals surface area contributed by atoms with E-state index in [1.807, 2.05) is 11.8 Å². The molecule has 1 amide bonds. The molecule has 0 radical (unpaired) electrons. The number of piperazine rings is 1. The summed E-state index contributed by atoms with van der Waals surface area (Å²) in [6.45, 7) is 5.59. The maximum Gasteiger partial charge on any atom is 0.416 e. The zero-order valence-corrected chi connectivity index (χ0v) is 23.1. The first-order chi connectivity index (χ1) is 19.6. The van der Waals surface area contributed by atoms with Gasteiger partial charge < -0.3 is 24.8 Å². The number of hydrogen-bond donors (Lipinski definition) is 2. The van der Waals surface area contributed by atoms with E-state index in [9.17, 15) is 22.8 Å². The molecular formula is C27H29ClF3N7O3. The van der Waals surface area contributed by atoms with Crippen molar-refractivity contribution in [3.05, 3.63) is 56.7 Å². The van der Waals surface area contributed by atoms with Gasteiger partial charge in [-0.2, -0.15) is 22.7 Å². The lowest BCUT2D eigenvalue weighted by molar-refractivity contribution is -0.137. The number of carbonyl (C=O) groups is 1. The summed E-state index contributed by atoms with van der Waals surface area (Å²) in [5.74, 6) is 0.781. The fourth-order valence-electron chi connectivity index (χ4n) is 5.86. The molecule has 2 unspecified atom stereocenters. The Morgan fingerprint density at radius 3 is 2.71 bits per heavy atom. The highest BCUT2D eigenvalue weighted by molar-refractivity contribution is 6.33. The molecule has 10 nitrogen and oxygen atoms in total. The molecule has 1 aliphatic carbocycles. The first-order valence-electron chi connectivity index (χ1n) is 13.6. The molecule has 2 saturated heterocycles. The Kier molecular flexibility index (Phi) is 7.28. The molecule has 2 N–H and O–H groups in total. The number of aromatic nitrogens is 4. The van der Waals surface area contributed by atoms with Crippen LogP contribution in [-0.2, 0) is 28.7 Å². The molecule has 0 spiro atoms. The van der Waals surface area contributed by atoms with E-state index in [0.29, 0.717) is 68.9 Å². The van der Waals surface area contributed by atoms with E-state index in [-0.39, 0.29) is 34.5 Å². The summed E-state index contributed by atoms with van der Waals surface area (Å²) >= 11 is 6.08. The number of alkyl halides is 3. The van der Waals surface area contributed by atoms with Gasteiger partial charge in [-0.15, -0.1) is 5.10 Å². The van der Waals surface area contributed by atoms with Gasteiger partial charge in [-0.05, 0) is 42.5 Å². The summed E-state index contributed by atoms with van der Waals surface area (Å²) in [6, 6.07) is 2.76. The molecule has 2 aliphatic heterocycles. The SMILES string of the molecule is CCc1c(N2CCNCC2)c(=O)n2nc(C3=CC4COCC4C3)nc2n1CC(=O)Nc1ccc(C(F)(F)F)cc1Cl. The van der Waals surface area contributed by atoms with Gasteiger partial charge in [0.2, 0.25) is 11.7 Å². The summed E-state index contributed by atoms with van der Waals surface area (Å²) in [5, 5.41) is 10.3. The lowest BCUT2D eigenvalue weighted by atomic mass is 10.00. The largest absolute Gasteiger partial charge is 0.416 e. The number of allylic oxidation sites excluding steroid dienone is 1. The first kappa shape index (κ1) is 27.7. The Hall–Kier alpha value is -3.42.